The molecule has 1 rings (SSSR count). The number of anilines is 1. The molecule has 0 aliphatic carbocycles. The summed E-state index contributed by atoms with van der Waals surface area (Å²) in [6.07, 6.45) is 1.41. The second kappa shape index (κ2) is 7.53. The summed E-state index contributed by atoms with van der Waals surface area (Å²) in [6.45, 7) is 3.61. The van der Waals surface area contributed by atoms with Crippen LogP contribution in [-0.4, -0.2) is 31.7 Å². The van der Waals surface area contributed by atoms with Gasteiger partial charge in [0.05, 0.1) is 12.9 Å². The normalized spacial score (nSPS) is 13.2. The van der Waals surface area contributed by atoms with E-state index in [9.17, 15) is 18.3 Å². The van der Waals surface area contributed by atoms with Gasteiger partial charge < -0.3 is 10.4 Å². The molecule has 0 bridgehead atoms. The number of aliphatic hydroxyl groups excluding tert-OH is 1. The second-order valence-electron chi connectivity index (χ2n) is 5.38. The van der Waals surface area contributed by atoms with Crippen LogP contribution in [0.25, 0.3) is 0 Å². The van der Waals surface area contributed by atoms with Gasteiger partial charge >= 0.3 is 0 Å². The lowest BCUT2D eigenvalue weighted by atomic mass is 10.0. The minimum absolute atomic E-state index is 0.156. The van der Waals surface area contributed by atoms with Crippen LogP contribution in [0, 0.1) is 5.92 Å². The Morgan fingerprint density at radius 2 is 1.90 bits per heavy atom. The van der Waals surface area contributed by atoms with E-state index in [4.69, 9.17) is 0 Å². The number of rotatable bonds is 7. The predicted molar refractivity (Wildman–Crippen MR) is 82.2 cm³/mol. The van der Waals surface area contributed by atoms with Gasteiger partial charge in [0.2, 0.25) is 15.9 Å². The maximum absolute atomic E-state index is 12.3. The Hall–Kier alpha value is -1.44. The van der Waals surface area contributed by atoms with Gasteiger partial charge in [-0.2, -0.15) is 0 Å². The van der Waals surface area contributed by atoms with Gasteiger partial charge in [-0.3, -0.25) is 4.79 Å². The molecule has 0 aliphatic rings. The highest BCUT2D eigenvalue weighted by molar-refractivity contribution is 7.88. The third-order valence-corrected chi connectivity index (χ3v) is 3.54. The summed E-state index contributed by atoms with van der Waals surface area (Å²) in [5, 5.41) is 11.9. The molecule has 3 N–H and O–H groups in total. The van der Waals surface area contributed by atoms with Gasteiger partial charge in [-0.15, -0.1) is 0 Å². The van der Waals surface area contributed by atoms with Gasteiger partial charge in [0.1, 0.15) is 6.04 Å². The lowest BCUT2D eigenvalue weighted by molar-refractivity contribution is -0.118. The molecule has 1 aromatic rings. The largest absolute Gasteiger partial charge is 0.392 e. The Morgan fingerprint density at radius 1 is 1.29 bits per heavy atom. The van der Waals surface area contributed by atoms with Crippen molar-refractivity contribution in [3.05, 3.63) is 29.8 Å². The molecule has 1 amide bonds. The highest BCUT2D eigenvalue weighted by Crippen LogP contribution is 2.16. The zero-order chi connectivity index (χ0) is 16.0. The number of nitrogens with one attached hydrogen (secondary N) is 2. The van der Waals surface area contributed by atoms with Crippen LogP contribution in [0.15, 0.2) is 24.3 Å². The average molecular weight is 314 g/mol. The minimum Gasteiger partial charge on any atom is -0.392 e. The van der Waals surface area contributed by atoms with Crippen LogP contribution in [-0.2, 0) is 21.4 Å². The Bertz CT molecular complexity index is 584. The minimum atomic E-state index is -3.48. The molecular weight excluding hydrogens is 292 g/mol. The number of hydrogen-bond acceptors (Lipinski definition) is 4. The summed E-state index contributed by atoms with van der Waals surface area (Å²) < 4.78 is 25.1. The van der Waals surface area contributed by atoms with E-state index in [0.717, 1.165) is 6.26 Å². The second-order valence-corrected chi connectivity index (χ2v) is 7.16. The van der Waals surface area contributed by atoms with Crippen LogP contribution >= 0.6 is 0 Å². The summed E-state index contributed by atoms with van der Waals surface area (Å²) in [5.41, 5.74) is 1.06. The number of benzene rings is 1. The lowest BCUT2D eigenvalue weighted by Crippen LogP contribution is -2.44. The van der Waals surface area contributed by atoms with Crippen molar-refractivity contribution in [3.63, 3.8) is 0 Å². The molecule has 21 heavy (non-hydrogen) atoms. The Kier molecular flexibility index (Phi) is 6.32. The van der Waals surface area contributed by atoms with E-state index < -0.39 is 22.0 Å². The van der Waals surface area contributed by atoms with Crippen molar-refractivity contribution >= 4 is 21.6 Å². The Morgan fingerprint density at radius 3 is 2.43 bits per heavy atom. The summed E-state index contributed by atoms with van der Waals surface area (Å²) in [6, 6.07) is 6.00. The number of aliphatic hydroxyl groups is 1. The quantitative estimate of drug-likeness (QED) is 0.702. The number of amides is 1. The number of hydrogen-bond donors (Lipinski definition) is 3. The molecule has 0 aliphatic heterocycles. The van der Waals surface area contributed by atoms with Gasteiger partial charge in [0.25, 0.3) is 0 Å². The van der Waals surface area contributed by atoms with Crippen molar-refractivity contribution in [2.75, 3.05) is 11.6 Å². The van der Waals surface area contributed by atoms with E-state index in [1.54, 1.807) is 24.3 Å². The van der Waals surface area contributed by atoms with Gasteiger partial charge in [-0.1, -0.05) is 32.0 Å². The van der Waals surface area contributed by atoms with Crippen molar-refractivity contribution in [1.82, 2.24) is 4.72 Å². The monoisotopic (exact) mass is 314 g/mol. The number of sulfonamides is 1. The molecule has 1 unspecified atom stereocenters. The van der Waals surface area contributed by atoms with Crippen molar-refractivity contribution in [2.24, 2.45) is 5.92 Å². The number of carbonyl (C=O) groups excluding carboxylic acids is 1. The van der Waals surface area contributed by atoms with Crippen molar-refractivity contribution in [3.8, 4) is 0 Å². The zero-order valence-corrected chi connectivity index (χ0v) is 13.3. The van der Waals surface area contributed by atoms with Crippen molar-refractivity contribution < 1.29 is 18.3 Å². The van der Waals surface area contributed by atoms with Crippen LogP contribution in [0.3, 0.4) is 0 Å². The highest BCUT2D eigenvalue weighted by Gasteiger charge is 2.23. The molecule has 1 atom stereocenters. The lowest BCUT2D eigenvalue weighted by Gasteiger charge is -2.19. The maximum atomic E-state index is 12.3. The first kappa shape index (κ1) is 17.6. The standard InChI is InChI=1S/C14H22N2O4S/c1-10(2)8-13(16-21(3,19)20)14(18)15-12-7-5-4-6-11(12)9-17/h4-7,10,13,16-17H,8-9H2,1-3H3,(H,15,18). The predicted octanol–water partition coefficient (Wildman–Crippen LogP) is 1.08. The number of carbonyl (C=O) groups is 1. The third kappa shape index (κ3) is 6.24. The Labute approximate surface area is 125 Å². The fraction of sp³-hybridized carbons (Fsp3) is 0.500. The fourth-order valence-electron chi connectivity index (χ4n) is 1.94. The highest BCUT2D eigenvalue weighted by atomic mass is 32.2. The van der Waals surface area contributed by atoms with Crippen molar-refractivity contribution in [2.45, 2.75) is 32.9 Å². The van der Waals surface area contributed by atoms with Gasteiger partial charge in [-0.25, -0.2) is 13.1 Å². The molecule has 6 nitrogen and oxygen atoms in total. The first-order chi connectivity index (χ1) is 9.73. The van der Waals surface area contributed by atoms with E-state index in [0.29, 0.717) is 17.7 Å². The summed E-state index contributed by atoms with van der Waals surface area (Å²) in [7, 11) is -3.48. The smallest absolute Gasteiger partial charge is 0.242 e. The number of para-hydroxylation sites is 1. The van der Waals surface area contributed by atoms with E-state index in [2.05, 4.69) is 10.0 Å². The first-order valence-electron chi connectivity index (χ1n) is 6.70. The molecule has 0 heterocycles. The van der Waals surface area contributed by atoms with Crippen LogP contribution < -0.4 is 10.0 Å². The van der Waals surface area contributed by atoms with E-state index in [-0.39, 0.29) is 12.5 Å². The van der Waals surface area contributed by atoms with Crippen LogP contribution in [0.4, 0.5) is 5.69 Å². The molecule has 0 radical (unpaired) electrons. The zero-order valence-electron chi connectivity index (χ0n) is 12.5. The molecule has 0 aromatic heterocycles. The average Bonchev–Trinajstić information content (AvgIpc) is 2.36. The van der Waals surface area contributed by atoms with Crippen LogP contribution in [0.2, 0.25) is 0 Å². The third-order valence-electron chi connectivity index (χ3n) is 2.83. The molecule has 0 saturated carbocycles. The van der Waals surface area contributed by atoms with Crippen molar-refractivity contribution in [1.29, 1.82) is 0 Å². The molecule has 0 spiro atoms. The molecule has 7 heteroatoms. The first-order valence-corrected chi connectivity index (χ1v) is 8.59. The molecular formula is C14H22N2O4S. The van der Waals surface area contributed by atoms with E-state index in [1.807, 2.05) is 13.8 Å². The van der Waals surface area contributed by atoms with Gasteiger partial charge in [0, 0.05) is 11.3 Å². The fourth-order valence-corrected chi connectivity index (χ4v) is 2.66. The molecule has 1 aromatic carbocycles. The van der Waals surface area contributed by atoms with Gasteiger partial charge in [-0.05, 0) is 18.4 Å². The molecule has 0 fully saturated rings. The Balaban J connectivity index is 2.90. The van der Waals surface area contributed by atoms with Crippen LogP contribution in [0.1, 0.15) is 25.8 Å². The van der Waals surface area contributed by atoms with E-state index in [1.165, 1.54) is 0 Å². The maximum Gasteiger partial charge on any atom is 0.242 e. The van der Waals surface area contributed by atoms with Crippen LogP contribution in [0.5, 0.6) is 0 Å². The summed E-state index contributed by atoms with van der Waals surface area (Å²) in [4.78, 5) is 12.3. The van der Waals surface area contributed by atoms with Gasteiger partial charge in [0.15, 0.2) is 0 Å². The molecule has 118 valence electrons. The topological polar surface area (TPSA) is 95.5 Å². The summed E-state index contributed by atoms with van der Waals surface area (Å²) >= 11 is 0. The van der Waals surface area contributed by atoms with E-state index >= 15 is 0 Å². The molecule has 0 saturated heterocycles. The summed E-state index contributed by atoms with van der Waals surface area (Å²) in [5.74, 6) is -0.280. The SMILES string of the molecule is CC(C)CC(NS(C)(=O)=O)C(=O)Nc1ccccc1CO.